The van der Waals surface area contributed by atoms with E-state index in [-0.39, 0.29) is 48.3 Å². The van der Waals surface area contributed by atoms with Gasteiger partial charge in [-0.05, 0) is 56.2 Å². The van der Waals surface area contributed by atoms with Crippen LogP contribution in [0.15, 0.2) is 60.2 Å². The maximum atomic E-state index is 13.0. The van der Waals surface area contributed by atoms with E-state index in [0.29, 0.717) is 29.2 Å². The molecule has 5 rings (SSSR count). The molecular weight excluding hydrogens is 456 g/mol. The Morgan fingerprint density at radius 1 is 0.971 bits per heavy atom. The van der Waals surface area contributed by atoms with Crippen LogP contribution in [0.5, 0.6) is 5.75 Å². The maximum Gasteiger partial charge on any atom is 0.316 e. The van der Waals surface area contributed by atoms with Gasteiger partial charge in [-0.25, -0.2) is 4.90 Å². The third-order valence-electron chi connectivity index (χ3n) is 6.71. The number of ether oxygens (including phenoxy) is 1. The van der Waals surface area contributed by atoms with E-state index in [2.05, 4.69) is 0 Å². The van der Waals surface area contributed by atoms with Crippen LogP contribution >= 0.6 is 11.6 Å². The van der Waals surface area contributed by atoms with Gasteiger partial charge in [0.25, 0.3) is 0 Å². The predicted molar refractivity (Wildman–Crippen MR) is 126 cm³/mol. The Hall–Kier alpha value is -3.45. The molecule has 8 heteroatoms. The highest BCUT2D eigenvalue weighted by atomic mass is 35.5. The van der Waals surface area contributed by atoms with Crippen LogP contribution in [-0.2, 0) is 19.2 Å². The molecule has 2 heterocycles. The molecule has 3 aliphatic rings. The van der Waals surface area contributed by atoms with Gasteiger partial charge in [-0.1, -0.05) is 29.3 Å². The van der Waals surface area contributed by atoms with E-state index in [1.165, 1.54) is 15.9 Å². The molecule has 2 aromatic carbocycles. The van der Waals surface area contributed by atoms with Crippen molar-refractivity contribution >= 4 is 46.7 Å². The molecule has 0 bridgehead atoms. The van der Waals surface area contributed by atoms with Crippen molar-refractivity contribution in [1.82, 2.24) is 0 Å². The number of allylic oxidation sites excluding steroid dienone is 2. The number of carbonyl (C=O) groups excluding carboxylic acids is 4. The van der Waals surface area contributed by atoms with Crippen LogP contribution in [0.2, 0.25) is 5.02 Å². The number of hydrogen-bond donors (Lipinski definition) is 0. The first kappa shape index (κ1) is 22.3. The number of rotatable bonds is 4. The van der Waals surface area contributed by atoms with E-state index in [4.69, 9.17) is 16.3 Å². The molecule has 2 fully saturated rings. The fourth-order valence-electron chi connectivity index (χ4n) is 4.91. The summed E-state index contributed by atoms with van der Waals surface area (Å²) < 4.78 is 5.56. The molecular formula is C26H23ClN2O5. The first-order chi connectivity index (χ1) is 16.3. The highest BCUT2D eigenvalue weighted by Gasteiger charge is 2.48. The number of hydrogen-bond acceptors (Lipinski definition) is 5. The van der Waals surface area contributed by atoms with Gasteiger partial charge in [0.2, 0.25) is 17.7 Å². The van der Waals surface area contributed by atoms with Crippen LogP contribution in [0, 0.1) is 17.8 Å². The van der Waals surface area contributed by atoms with E-state index in [1.807, 2.05) is 13.0 Å². The molecule has 1 aliphatic carbocycles. The number of imide groups is 1. The van der Waals surface area contributed by atoms with Gasteiger partial charge >= 0.3 is 5.97 Å². The molecule has 3 atom stereocenters. The lowest BCUT2D eigenvalue weighted by Crippen LogP contribution is -2.31. The second-order valence-electron chi connectivity index (χ2n) is 9.02. The maximum absolute atomic E-state index is 13.0. The molecule has 0 N–H and O–H groups in total. The lowest BCUT2D eigenvalue weighted by Gasteiger charge is -2.18. The second kappa shape index (κ2) is 8.72. The summed E-state index contributed by atoms with van der Waals surface area (Å²) in [6, 6.07) is 13.3. The summed E-state index contributed by atoms with van der Waals surface area (Å²) in [4.78, 5) is 54.0. The Morgan fingerprint density at radius 2 is 1.71 bits per heavy atom. The summed E-state index contributed by atoms with van der Waals surface area (Å²) in [6.07, 6.45) is 3.20. The number of amides is 3. The van der Waals surface area contributed by atoms with Gasteiger partial charge in [-0.15, -0.1) is 0 Å². The summed E-state index contributed by atoms with van der Waals surface area (Å²) in [5, 5.41) is 0.562. The first-order valence-electron chi connectivity index (χ1n) is 11.2. The monoisotopic (exact) mass is 478 g/mol. The first-order valence-corrected chi connectivity index (χ1v) is 11.6. The van der Waals surface area contributed by atoms with Crippen LogP contribution in [0.1, 0.15) is 26.2 Å². The Morgan fingerprint density at radius 3 is 2.47 bits per heavy atom. The third kappa shape index (κ3) is 4.01. The van der Waals surface area contributed by atoms with Crippen molar-refractivity contribution in [3.63, 3.8) is 0 Å². The highest BCUT2D eigenvalue weighted by Crippen LogP contribution is 2.40. The third-order valence-corrected chi connectivity index (χ3v) is 6.97. The van der Waals surface area contributed by atoms with Crippen LogP contribution in [0.4, 0.5) is 11.4 Å². The zero-order chi connectivity index (χ0) is 24.0. The zero-order valence-electron chi connectivity index (χ0n) is 18.6. The van der Waals surface area contributed by atoms with E-state index >= 15 is 0 Å². The second-order valence-corrected chi connectivity index (χ2v) is 9.45. The average Bonchev–Trinajstić information content (AvgIpc) is 3.32. The predicted octanol–water partition coefficient (Wildman–Crippen LogP) is 4.14. The van der Waals surface area contributed by atoms with Crippen molar-refractivity contribution in [3.8, 4) is 5.75 Å². The number of carbonyl (C=O) groups is 4. The summed E-state index contributed by atoms with van der Waals surface area (Å²) in [5.74, 6) is -2.22. The lowest BCUT2D eigenvalue weighted by atomic mass is 9.82. The SMILES string of the molecule is CC1=CC[C@H]2C(=O)N(c3cccc(OC(=O)[C@@H]4CC(=O)N(c5ccc(Cl)cc5)C4)c3)C(=O)[C@@H]2C1. The van der Waals surface area contributed by atoms with Gasteiger partial charge in [0.15, 0.2) is 0 Å². The number of fused-ring (bicyclic) bond motifs is 1. The average molecular weight is 479 g/mol. The zero-order valence-corrected chi connectivity index (χ0v) is 19.3. The van der Waals surface area contributed by atoms with Gasteiger partial charge in [0.05, 0.1) is 23.4 Å². The standard InChI is InChI=1S/C26H23ClN2O5/c1-15-5-10-21-22(11-15)25(32)29(24(21)31)19-3-2-4-20(13-19)34-26(33)16-12-23(30)28(14-16)18-8-6-17(27)7-9-18/h2-9,13,16,21-22H,10-12,14H2,1H3/t16-,21-,22-/m1/s1. The van der Waals surface area contributed by atoms with Crippen molar-refractivity contribution in [2.45, 2.75) is 26.2 Å². The number of nitrogens with zero attached hydrogens (tertiary/aromatic N) is 2. The number of anilines is 2. The molecule has 0 aromatic heterocycles. The number of benzene rings is 2. The van der Waals surface area contributed by atoms with E-state index in [0.717, 1.165) is 5.57 Å². The lowest BCUT2D eigenvalue weighted by molar-refractivity contribution is -0.139. The van der Waals surface area contributed by atoms with Crippen molar-refractivity contribution in [3.05, 3.63) is 65.2 Å². The van der Waals surface area contributed by atoms with E-state index < -0.39 is 11.9 Å². The van der Waals surface area contributed by atoms with Crippen LogP contribution in [-0.4, -0.2) is 30.2 Å². The van der Waals surface area contributed by atoms with Gasteiger partial charge in [0, 0.05) is 29.7 Å². The van der Waals surface area contributed by atoms with Crippen molar-refractivity contribution in [2.75, 3.05) is 16.3 Å². The van der Waals surface area contributed by atoms with Crippen molar-refractivity contribution < 1.29 is 23.9 Å². The summed E-state index contributed by atoms with van der Waals surface area (Å²) >= 11 is 5.92. The Labute approximate surface area is 201 Å². The van der Waals surface area contributed by atoms with E-state index in [1.54, 1.807) is 42.5 Å². The summed E-state index contributed by atoms with van der Waals surface area (Å²) in [6.45, 7) is 2.18. The minimum Gasteiger partial charge on any atom is -0.426 e. The Balaban J connectivity index is 1.29. The van der Waals surface area contributed by atoms with Gasteiger partial charge in [-0.3, -0.25) is 19.2 Å². The molecule has 0 spiro atoms. The number of halogens is 1. The van der Waals surface area contributed by atoms with Gasteiger partial charge in [0.1, 0.15) is 5.75 Å². The molecule has 0 unspecified atom stereocenters. The molecule has 0 saturated carbocycles. The molecule has 2 saturated heterocycles. The normalized spacial score (nSPS) is 24.4. The molecule has 0 radical (unpaired) electrons. The topological polar surface area (TPSA) is 84.0 Å². The Bertz CT molecular complexity index is 1220. The molecule has 7 nitrogen and oxygen atoms in total. The molecule has 2 aromatic rings. The molecule has 3 amide bonds. The Kier molecular flexibility index (Phi) is 5.73. The highest BCUT2D eigenvalue weighted by molar-refractivity contribution is 6.30. The summed E-state index contributed by atoms with van der Waals surface area (Å²) in [5.41, 5.74) is 2.17. The molecule has 174 valence electrons. The van der Waals surface area contributed by atoms with Gasteiger partial charge in [-0.2, -0.15) is 0 Å². The van der Waals surface area contributed by atoms with Crippen LogP contribution < -0.4 is 14.5 Å². The van der Waals surface area contributed by atoms with Crippen molar-refractivity contribution in [1.29, 1.82) is 0 Å². The minimum absolute atomic E-state index is 0.0416. The van der Waals surface area contributed by atoms with Crippen molar-refractivity contribution in [2.24, 2.45) is 17.8 Å². The largest absolute Gasteiger partial charge is 0.426 e. The number of esters is 1. The molecule has 2 aliphatic heterocycles. The fraction of sp³-hybridized carbons (Fsp3) is 0.308. The molecule has 34 heavy (non-hydrogen) atoms. The van der Waals surface area contributed by atoms with Crippen LogP contribution in [0.25, 0.3) is 0 Å². The smallest absolute Gasteiger partial charge is 0.316 e. The summed E-state index contributed by atoms with van der Waals surface area (Å²) in [7, 11) is 0. The minimum atomic E-state index is -0.626. The quantitative estimate of drug-likeness (QED) is 0.285. The van der Waals surface area contributed by atoms with Crippen LogP contribution in [0.3, 0.4) is 0 Å². The van der Waals surface area contributed by atoms with E-state index in [9.17, 15) is 19.2 Å². The van der Waals surface area contributed by atoms with Gasteiger partial charge < -0.3 is 9.64 Å². The fourth-order valence-corrected chi connectivity index (χ4v) is 5.04.